The predicted molar refractivity (Wildman–Crippen MR) is 200 cm³/mol. The van der Waals surface area contributed by atoms with Crippen LogP contribution in [0, 0.1) is 0 Å². The Morgan fingerprint density at radius 1 is 0.630 bits per heavy atom. The molecular weight excluding hydrogens is 739 g/mol. The third-order valence-corrected chi connectivity index (χ3v) is 9.27. The molecule has 4 aromatic rings. The topological polar surface area (TPSA) is 114 Å². The highest BCUT2D eigenvalue weighted by molar-refractivity contribution is 6.31. The summed E-state index contributed by atoms with van der Waals surface area (Å²) in [4.78, 5) is 37.3. The molecule has 12 nitrogen and oxygen atoms in total. The fourth-order valence-electron chi connectivity index (χ4n) is 6.17. The van der Waals surface area contributed by atoms with E-state index in [0.29, 0.717) is 59.3 Å². The average molecular weight is 782 g/mol. The van der Waals surface area contributed by atoms with Crippen molar-refractivity contribution in [2.45, 2.75) is 37.3 Å². The van der Waals surface area contributed by atoms with Crippen molar-refractivity contribution in [3.63, 3.8) is 0 Å². The van der Waals surface area contributed by atoms with Crippen molar-refractivity contribution < 1.29 is 47.7 Å². The molecule has 0 aromatic heterocycles. The Morgan fingerprint density at radius 3 is 1.43 bits per heavy atom. The van der Waals surface area contributed by atoms with Crippen molar-refractivity contribution in [1.29, 1.82) is 0 Å². The first-order chi connectivity index (χ1) is 26.3. The second-order valence-electron chi connectivity index (χ2n) is 12.5. The third kappa shape index (κ3) is 10.6. The van der Waals surface area contributed by atoms with E-state index < -0.39 is 36.4 Å². The van der Waals surface area contributed by atoms with Crippen molar-refractivity contribution in [3.8, 4) is 23.0 Å². The molecule has 2 aliphatic heterocycles. The summed E-state index contributed by atoms with van der Waals surface area (Å²) >= 11 is 12.3. The largest absolute Gasteiger partial charge is 0.493 e. The second-order valence-corrected chi connectivity index (χ2v) is 13.4. The first-order valence-electron chi connectivity index (χ1n) is 17.5. The summed E-state index contributed by atoms with van der Waals surface area (Å²) in [6.45, 7) is 1.74. The van der Waals surface area contributed by atoms with E-state index in [1.54, 1.807) is 50.6 Å². The van der Waals surface area contributed by atoms with Gasteiger partial charge < -0.3 is 38.1 Å². The molecule has 4 aromatic carbocycles. The molecule has 14 heteroatoms. The van der Waals surface area contributed by atoms with E-state index in [1.165, 1.54) is 10.1 Å². The van der Waals surface area contributed by atoms with Gasteiger partial charge in [0.1, 0.15) is 12.2 Å². The molecule has 0 aliphatic carbocycles. The highest BCUT2D eigenvalue weighted by Gasteiger charge is 2.35. The molecule has 6 rings (SSSR count). The Bertz CT molecular complexity index is 1700. The number of hydrogen-bond donors (Lipinski definition) is 0. The van der Waals surface area contributed by atoms with Crippen LogP contribution in [0.3, 0.4) is 0 Å². The zero-order chi connectivity index (χ0) is 37.9. The van der Waals surface area contributed by atoms with Crippen LogP contribution in [0.4, 0.5) is 0 Å². The molecule has 2 heterocycles. The molecular formula is C40H42Cl2N2O10. The van der Waals surface area contributed by atoms with E-state index in [9.17, 15) is 9.59 Å². The van der Waals surface area contributed by atoms with Gasteiger partial charge in [0, 0.05) is 22.2 Å². The van der Waals surface area contributed by atoms with Crippen LogP contribution in [-0.4, -0.2) is 87.9 Å². The van der Waals surface area contributed by atoms with Gasteiger partial charge in [-0.25, -0.2) is 0 Å². The molecule has 2 aliphatic rings. The normalized spacial score (nSPS) is 18.9. The summed E-state index contributed by atoms with van der Waals surface area (Å²) in [6, 6.07) is 29.5. The number of carbonyl (C=O) groups is 2. The van der Waals surface area contributed by atoms with Crippen LogP contribution in [0.25, 0.3) is 0 Å². The van der Waals surface area contributed by atoms with Crippen LogP contribution in [0.15, 0.2) is 97.1 Å². The maximum atomic E-state index is 13.0. The van der Waals surface area contributed by atoms with E-state index in [2.05, 4.69) is 0 Å². The van der Waals surface area contributed by atoms with Gasteiger partial charge in [0.05, 0.1) is 66.5 Å². The van der Waals surface area contributed by atoms with Gasteiger partial charge in [-0.05, 0) is 35.4 Å². The molecule has 2 unspecified atom stereocenters. The fourth-order valence-corrected chi connectivity index (χ4v) is 6.49. The summed E-state index contributed by atoms with van der Waals surface area (Å²) in [5.74, 6) is 0.791. The van der Waals surface area contributed by atoms with Crippen LogP contribution in [0.2, 0.25) is 10.0 Å². The molecule has 0 amide bonds. The lowest BCUT2D eigenvalue weighted by Crippen LogP contribution is -2.47. The Hall–Kier alpha value is -4.56. The van der Waals surface area contributed by atoms with Crippen molar-refractivity contribution >= 4 is 35.1 Å². The van der Waals surface area contributed by atoms with Crippen molar-refractivity contribution in [2.75, 3.05) is 53.6 Å². The van der Waals surface area contributed by atoms with Gasteiger partial charge in [-0.15, -0.1) is 10.1 Å². The molecule has 0 spiro atoms. The maximum Gasteiger partial charge on any atom is 0.325 e. The lowest BCUT2D eigenvalue weighted by atomic mass is 10.0. The lowest BCUT2D eigenvalue weighted by Gasteiger charge is -2.36. The smallest absolute Gasteiger partial charge is 0.325 e. The monoisotopic (exact) mass is 780 g/mol. The second kappa shape index (κ2) is 19.2. The Morgan fingerprint density at radius 2 is 1.04 bits per heavy atom. The number of halogens is 2. The van der Waals surface area contributed by atoms with Crippen LogP contribution < -0.4 is 18.9 Å². The first kappa shape index (κ1) is 39.1. The summed E-state index contributed by atoms with van der Waals surface area (Å²) in [5, 5.41) is 4.09. The molecule has 2 saturated heterocycles. The van der Waals surface area contributed by atoms with Gasteiger partial charge in [0.2, 0.25) is 0 Å². The average Bonchev–Trinajstić information content (AvgIpc) is 3.20. The van der Waals surface area contributed by atoms with Gasteiger partial charge in [0.25, 0.3) is 0 Å². The zero-order valence-electron chi connectivity index (χ0n) is 29.9. The van der Waals surface area contributed by atoms with Gasteiger partial charge in [-0.3, -0.25) is 9.59 Å². The van der Waals surface area contributed by atoms with Crippen LogP contribution in [0.5, 0.6) is 23.0 Å². The summed E-state index contributed by atoms with van der Waals surface area (Å²) in [7, 11) is 3.08. The summed E-state index contributed by atoms with van der Waals surface area (Å²) in [6.07, 6.45) is -2.48. The minimum absolute atomic E-state index is 0.179. The minimum atomic E-state index is -0.571. The number of hydroxylamine groups is 4. The van der Waals surface area contributed by atoms with Crippen LogP contribution in [-0.2, 0) is 28.7 Å². The van der Waals surface area contributed by atoms with Crippen molar-refractivity contribution in [2.24, 2.45) is 0 Å². The number of rotatable bonds is 15. The number of ether oxygens (including phenoxy) is 6. The Balaban J connectivity index is 1.02. The molecule has 0 saturated carbocycles. The molecule has 2 fully saturated rings. The van der Waals surface area contributed by atoms with E-state index in [4.69, 9.17) is 61.3 Å². The summed E-state index contributed by atoms with van der Waals surface area (Å²) in [5.41, 5.74) is 1.74. The summed E-state index contributed by atoms with van der Waals surface area (Å²) < 4.78 is 36.1. The lowest BCUT2D eigenvalue weighted by molar-refractivity contribution is -0.228. The highest BCUT2D eigenvalue weighted by Crippen LogP contribution is 2.37. The molecule has 54 heavy (non-hydrogen) atoms. The molecule has 286 valence electrons. The number of carbonyl (C=O) groups excluding carboxylic acids is 2. The molecule has 0 N–H and O–H groups in total. The van der Waals surface area contributed by atoms with Gasteiger partial charge >= 0.3 is 11.9 Å². The van der Waals surface area contributed by atoms with Gasteiger partial charge in [0.15, 0.2) is 35.2 Å². The maximum absolute atomic E-state index is 13.0. The quantitative estimate of drug-likeness (QED) is 0.123. The van der Waals surface area contributed by atoms with Crippen molar-refractivity contribution in [1.82, 2.24) is 10.1 Å². The Kier molecular flexibility index (Phi) is 13.9. The number of methoxy groups -OCH3 is 2. The number of benzene rings is 4. The van der Waals surface area contributed by atoms with Gasteiger partial charge in [-0.2, -0.15) is 0 Å². The first-order valence-corrected chi connectivity index (χ1v) is 18.3. The van der Waals surface area contributed by atoms with Gasteiger partial charge in [-0.1, -0.05) is 83.9 Å². The van der Waals surface area contributed by atoms with Crippen LogP contribution >= 0.6 is 23.2 Å². The van der Waals surface area contributed by atoms with E-state index >= 15 is 0 Å². The third-order valence-electron chi connectivity index (χ3n) is 8.80. The fraction of sp³-hybridized carbons (Fsp3) is 0.350. The molecule has 4 atom stereocenters. The highest BCUT2D eigenvalue weighted by atomic mass is 35.5. The van der Waals surface area contributed by atoms with E-state index in [-0.39, 0.29) is 25.9 Å². The number of morpholine rings is 2. The standard InChI is InChI=1S/C40H42Cl2N2O10/c1-47-33-23-29(41)13-15-31(33)51-39(27-9-5-3-6-10-27)35-25-43(19-21-49-35)53-37(45)17-18-38(46)54-44-20-22-50-36(26-44)40(28-11-7-4-8-12-28)52-32-16-14-30(42)24-34(32)48-2/h3-16,23-24,35-36,39-40H,17-22,25-26H2,1-2H3/t35-,36-,39?,40?/m0/s1. The van der Waals surface area contributed by atoms with Crippen molar-refractivity contribution in [3.05, 3.63) is 118 Å². The van der Waals surface area contributed by atoms with E-state index in [0.717, 1.165) is 11.1 Å². The predicted octanol–water partition coefficient (Wildman–Crippen LogP) is 7.05. The number of hydrogen-bond acceptors (Lipinski definition) is 12. The van der Waals surface area contributed by atoms with Crippen LogP contribution in [0.1, 0.15) is 36.2 Å². The number of nitrogens with zero attached hydrogens (tertiary/aromatic N) is 2. The molecule has 0 bridgehead atoms. The SMILES string of the molecule is COc1cc(Cl)ccc1OC(c1ccccc1)[C@@H]1CN(OC(=O)CCC(=O)ON2CCO[C@H](C(Oc3ccc(Cl)cc3OC)c3ccccc3)C2)CCO1. The zero-order valence-corrected chi connectivity index (χ0v) is 31.4. The van der Waals surface area contributed by atoms with E-state index in [1.807, 2.05) is 60.7 Å². The minimum Gasteiger partial charge on any atom is -0.493 e. The Labute approximate surface area is 324 Å². The molecule has 0 radical (unpaired) electrons.